The molecule has 14 heavy (non-hydrogen) atoms. The first-order valence-corrected chi connectivity index (χ1v) is 4.88. The minimum atomic E-state index is 0.150. The van der Waals surface area contributed by atoms with E-state index in [1.165, 1.54) is 12.4 Å². The highest BCUT2D eigenvalue weighted by molar-refractivity contribution is 6.29. The lowest BCUT2D eigenvalue weighted by Crippen LogP contribution is -2.26. The number of nitrogens with one attached hydrogen (secondary N) is 2. The van der Waals surface area contributed by atoms with E-state index in [-0.39, 0.29) is 6.17 Å². The summed E-state index contributed by atoms with van der Waals surface area (Å²) in [6.45, 7) is 2.08. The fraction of sp³-hybridized carbons (Fsp3) is 0.700. The van der Waals surface area contributed by atoms with Crippen molar-refractivity contribution in [1.82, 2.24) is 4.90 Å². The summed E-state index contributed by atoms with van der Waals surface area (Å²) in [5.74, 6) is 0. The highest BCUT2D eigenvalue weighted by Gasteiger charge is 2.06. The molecule has 4 heteroatoms. The predicted molar refractivity (Wildman–Crippen MR) is 62.0 cm³/mol. The Morgan fingerprint density at radius 1 is 1.43 bits per heavy atom. The maximum absolute atomic E-state index is 7.20. The third-order valence-corrected chi connectivity index (χ3v) is 1.99. The van der Waals surface area contributed by atoms with E-state index in [9.17, 15) is 0 Å². The summed E-state index contributed by atoms with van der Waals surface area (Å²) >= 11 is 0. The van der Waals surface area contributed by atoms with Crippen LogP contribution < -0.4 is 0 Å². The maximum atomic E-state index is 7.20. The standard InChI is InChI=1S/C10H20N4/c1-4-10(14(2)3)13-9(8-12)6-5-7-11/h7-8,10-12H,4-6H2,1-3H3/b11-7?,12-8?,13-9-. The Labute approximate surface area is 86.0 Å². The number of aliphatic imine (C=N–C) groups is 1. The molecule has 0 bridgehead atoms. The van der Waals surface area contributed by atoms with Crippen LogP contribution in [0.1, 0.15) is 26.2 Å². The van der Waals surface area contributed by atoms with Gasteiger partial charge in [-0.1, -0.05) is 6.92 Å². The van der Waals surface area contributed by atoms with Crippen molar-refractivity contribution in [2.45, 2.75) is 32.4 Å². The molecule has 0 aliphatic heterocycles. The zero-order chi connectivity index (χ0) is 11.0. The Balaban J connectivity index is 4.37. The van der Waals surface area contributed by atoms with Crippen LogP contribution in [-0.4, -0.2) is 43.3 Å². The molecule has 80 valence electrons. The lowest BCUT2D eigenvalue weighted by molar-refractivity contribution is 0.296. The van der Waals surface area contributed by atoms with Crippen molar-refractivity contribution in [1.29, 1.82) is 10.8 Å². The van der Waals surface area contributed by atoms with Gasteiger partial charge in [0.05, 0.1) is 5.71 Å². The van der Waals surface area contributed by atoms with Gasteiger partial charge in [-0.05, 0) is 39.6 Å². The fourth-order valence-corrected chi connectivity index (χ4v) is 1.16. The van der Waals surface area contributed by atoms with Gasteiger partial charge >= 0.3 is 0 Å². The zero-order valence-corrected chi connectivity index (χ0v) is 9.25. The summed E-state index contributed by atoms with van der Waals surface area (Å²) in [6, 6.07) is 0. The molecule has 1 atom stereocenters. The van der Waals surface area contributed by atoms with Crippen LogP contribution in [0.4, 0.5) is 0 Å². The normalized spacial score (nSPS) is 14.1. The van der Waals surface area contributed by atoms with Gasteiger partial charge in [0.15, 0.2) is 0 Å². The Hall–Kier alpha value is -1.03. The summed E-state index contributed by atoms with van der Waals surface area (Å²) in [5.41, 5.74) is 0.772. The van der Waals surface area contributed by atoms with Crippen molar-refractivity contribution in [3.8, 4) is 0 Å². The van der Waals surface area contributed by atoms with Gasteiger partial charge in [0, 0.05) is 6.21 Å². The summed E-state index contributed by atoms with van der Waals surface area (Å²) in [7, 11) is 3.96. The number of hydrogen-bond donors (Lipinski definition) is 2. The molecule has 0 spiro atoms. The molecule has 1 unspecified atom stereocenters. The van der Waals surface area contributed by atoms with Crippen LogP contribution in [0.5, 0.6) is 0 Å². The van der Waals surface area contributed by atoms with Crippen molar-refractivity contribution in [3.63, 3.8) is 0 Å². The van der Waals surface area contributed by atoms with Crippen LogP contribution in [0.25, 0.3) is 0 Å². The molecule has 0 aliphatic rings. The molecule has 4 nitrogen and oxygen atoms in total. The third kappa shape index (κ3) is 4.87. The van der Waals surface area contributed by atoms with Crippen molar-refractivity contribution < 1.29 is 0 Å². The van der Waals surface area contributed by atoms with Crippen LogP contribution in [-0.2, 0) is 0 Å². The van der Waals surface area contributed by atoms with E-state index in [0.29, 0.717) is 12.8 Å². The van der Waals surface area contributed by atoms with Crippen LogP contribution >= 0.6 is 0 Å². The quantitative estimate of drug-likeness (QED) is 0.599. The van der Waals surface area contributed by atoms with E-state index in [1.54, 1.807) is 0 Å². The second-order valence-electron chi connectivity index (χ2n) is 3.36. The average Bonchev–Trinajstić information content (AvgIpc) is 2.18. The van der Waals surface area contributed by atoms with Crippen LogP contribution in [0, 0.1) is 10.8 Å². The predicted octanol–water partition coefficient (Wildman–Crippen LogP) is 1.80. The highest BCUT2D eigenvalue weighted by Crippen LogP contribution is 2.02. The molecule has 0 radical (unpaired) electrons. The van der Waals surface area contributed by atoms with Crippen LogP contribution in [0.2, 0.25) is 0 Å². The summed E-state index contributed by atoms with van der Waals surface area (Å²) in [6.07, 6.45) is 5.09. The van der Waals surface area contributed by atoms with Crippen molar-refractivity contribution in [2.75, 3.05) is 14.1 Å². The lowest BCUT2D eigenvalue weighted by Gasteiger charge is -2.19. The van der Waals surface area contributed by atoms with Gasteiger partial charge in [-0.2, -0.15) is 0 Å². The Kier molecular flexibility index (Phi) is 6.84. The monoisotopic (exact) mass is 196 g/mol. The minimum Gasteiger partial charge on any atom is -0.313 e. The molecule has 0 aromatic rings. The van der Waals surface area contributed by atoms with E-state index in [0.717, 1.165) is 12.1 Å². The smallest absolute Gasteiger partial charge is 0.101 e. The van der Waals surface area contributed by atoms with Gasteiger partial charge in [-0.15, -0.1) is 0 Å². The van der Waals surface area contributed by atoms with Gasteiger partial charge in [-0.3, -0.25) is 9.89 Å². The van der Waals surface area contributed by atoms with E-state index < -0.39 is 0 Å². The summed E-state index contributed by atoms with van der Waals surface area (Å²) in [5, 5.41) is 14.1. The number of nitrogens with zero attached hydrogens (tertiary/aromatic N) is 2. The van der Waals surface area contributed by atoms with Gasteiger partial charge in [0.25, 0.3) is 0 Å². The highest BCUT2D eigenvalue weighted by atomic mass is 15.2. The summed E-state index contributed by atoms with van der Waals surface area (Å²) in [4.78, 5) is 6.48. The van der Waals surface area contributed by atoms with E-state index >= 15 is 0 Å². The molecule has 0 aromatic carbocycles. The third-order valence-electron chi connectivity index (χ3n) is 1.99. The maximum Gasteiger partial charge on any atom is 0.101 e. The Bertz CT molecular complexity index is 208. The molecule has 2 N–H and O–H groups in total. The van der Waals surface area contributed by atoms with Crippen molar-refractivity contribution >= 4 is 18.1 Å². The van der Waals surface area contributed by atoms with Gasteiger partial charge in [-0.25, -0.2) is 0 Å². The van der Waals surface area contributed by atoms with Crippen LogP contribution in [0.15, 0.2) is 4.99 Å². The van der Waals surface area contributed by atoms with Crippen molar-refractivity contribution in [3.05, 3.63) is 0 Å². The van der Waals surface area contributed by atoms with Gasteiger partial charge in [0.1, 0.15) is 6.17 Å². The zero-order valence-electron chi connectivity index (χ0n) is 9.25. The first-order valence-electron chi connectivity index (χ1n) is 4.88. The number of hydrogen-bond acceptors (Lipinski definition) is 4. The minimum absolute atomic E-state index is 0.150. The van der Waals surface area contributed by atoms with E-state index in [1.807, 2.05) is 19.0 Å². The van der Waals surface area contributed by atoms with Crippen molar-refractivity contribution in [2.24, 2.45) is 4.99 Å². The lowest BCUT2D eigenvalue weighted by atomic mass is 10.2. The molecule has 0 aliphatic carbocycles. The Morgan fingerprint density at radius 2 is 2.07 bits per heavy atom. The SMILES string of the molecule is CCC(/N=C(\C=N)CCC=N)N(C)C. The Morgan fingerprint density at radius 3 is 2.43 bits per heavy atom. The molecule has 0 fully saturated rings. The first kappa shape index (κ1) is 13.0. The molecular weight excluding hydrogens is 176 g/mol. The molecular formula is C10H20N4. The second kappa shape index (κ2) is 7.38. The number of rotatable bonds is 7. The van der Waals surface area contributed by atoms with Crippen LogP contribution in [0.3, 0.4) is 0 Å². The fourth-order valence-electron chi connectivity index (χ4n) is 1.16. The second-order valence-corrected chi connectivity index (χ2v) is 3.36. The van der Waals surface area contributed by atoms with E-state index in [4.69, 9.17) is 10.8 Å². The average molecular weight is 196 g/mol. The molecule has 0 rings (SSSR count). The van der Waals surface area contributed by atoms with E-state index in [2.05, 4.69) is 11.9 Å². The molecule has 0 saturated heterocycles. The molecule has 0 heterocycles. The summed E-state index contributed by atoms with van der Waals surface area (Å²) < 4.78 is 0. The topological polar surface area (TPSA) is 63.3 Å². The molecule has 0 aromatic heterocycles. The molecule has 0 amide bonds. The largest absolute Gasteiger partial charge is 0.313 e. The molecule has 0 saturated carbocycles. The van der Waals surface area contributed by atoms with Gasteiger partial charge < -0.3 is 10.8 Å². The first-order chi connectivity index (χ1) is 6.65. The van der Waals surface area contributed by atoms with Gasteiger partial charge in [0.2, 0.25) is 0 Å².